The van der Waals surface area contributed by atoms with E-state index in [0.29, 0.717) is 12.5 Å². The van der Waals surface area contributed by atoms with E-state index >= 15 is 0 Å². The maximum atomic E-state index is 5.98. The second-order valence-corrected chi connectivity index (χ2v) is 5.61. The Morgan fingerprint density at radius 3 is 3.10 bits per heavy atom. The summed E-state index contributed by atoms with van der Waals surface area (Å²) in [4.78, 5) is 0. The van der Waals surface area contributed by atoms with Gasteiger partial charge in [-0.25, -0.2) is 0 Å². The lowest BCUT2D eigenvalue weighted by atomic mass is 10.1. The Labute approximate surface area is 135 Å². The molecular weight excluding hydrogens is 309 g/mol. The standard InChI is InChI=1S/C15H18ClN3O.ClH/c16-14-3-1-2-12(6-14)9-19-10-15(8-18-19)20-11-13-4-5-17-7-13;/h1-3,6,8,10,13,17H,4-5,7,9,11H2;1H. The third-order valence-electron chi connectivity index (χ3n) is 3.49. The number of nitrogens with zero attached hydrogens (tertiary/aromatic N) is 2. The first-order valence-electron chi connectivity index (χ1n) is 6.90. The molecule has 0 bridgehead atoms. The van der Waals surface area contributed by atoms with E-state index in [0.717, 1.165) is 36.0 Å². The van der Waals surface area contributed by atoms with E-state index in [-0.39, 0.29) is 12.4 Å². The van der Waals surface area contributed by atoms with Crippen LogP contribution < -0.4 is 10.1 Å². The van der Waals surface area contributed by atoms with Crippen molar-refractivity contribution in [3.63, 3.8) is 0 Å². The van der Waals surface area contributed by atoms with Gasteiger partial charge in [0, 0.05) is 17.5 Å². The molecule has 3 rings (SSSR count). The molecule has 0 aliphatic carbocycles. The zero-order chi connectivity index (χ0) is 13.8. The molecule has 1 N–H and O–H groups in total. The molecule has 1 aromatic heterocycles. The number of halogens is 2. The normalized spacial score (nSPS) is 17.5. The highest BCUT2D eigenvalue weighted by Crippen LogP contribution is 2.15. The van der Waals surface area contributed by atoms with Gasteiger partial charge in [0.2, 0.25) is 0 Å². The highest BCUT2D eigenvalue weighted by molar-refractivity contribution is 6.30. The van der Waals surface area contributed by atoms with E-state index in [1.165, 1.54) is 6.42 Å². The van der Waals surface area contributed by atoms with E-state index in [1.807, 2.05) is 35.1 Å². The number of benzene rings is 1. The van der Waals surface area contributed by atoms with E-state index in [1.54, 1.807) is 6.20 Å². The maximum absolute atomic E-state index is 5.98. The molecule has 0 radical (unpaired) electrons. The summed E-state index contributed by atoms with van der Waals surface area (Å²) in [5.41, 5.74) is 1.13. The van der Waals surface area contributed by atoms with Crippen LogP contribution in [0.2, 0.25) is 5.02 Å². The van der Waals surface area contributed by atoms with Gasteiger partial charge >= 0.3 is 0 Å². The zero-order valence-corrected chi connectivity index (χ0v) is 13.2. The maximum Gasteiger partial charge on any atom is 0.157 e. The van der Waals surface area contributed by atoms with Crippen LogP contribution in [-0.2, 0) is 6.54 Å². The van der Waals surface area contributed by atoms with E-state index in [2.05, 4.69) is 10.4 Å². The van der Waals surface area contributed by atoms with Crippen LogP contribution in [0.3, 0.4) is 0 Å². The van der Waals surface area contributed by atoms with Gasteiger partial charge in [-0.05, 0) is 30.7 Å². The third kappa shape index (κ3) is 4.63. The van der Waals surface area contributed by atoms with Crippen molar-refractivity contribution in [3.8, 4) is 5.75 Å². The SMILES string of the molecule is Cl.Clc1cccc(Cn2cc(OCC3CCNC3)cn2)c1. The summed E-state index contributed by atoms with van der Waals surface area (Å²) in [6, 6.07) is 7.82. The highest BCUT2D eigenvalue weighted by atomic mass is 35.5. The van der Waals surface area contributed by atoms with Crippen LogP contribution in [0.1, 0.15) is 12.0 Å². The summed E-state index contributed by atoms with van der Waals surface area (Å²) < 4.78 is 7.65. The molecule has 114 valence electrons. The van der Waals surface area contributed by atoms with Crippen LogP contribution in [-0.4, -0.2) is 29.5 Å². The Balaban J connectivity index is 0.00000161. The number of hydrogen-bond acceptors (Lipinski definition) is 3. The fraction of sp³-hybridized carbons (Fsp3) is 0.400. The topological polar surface area (TPSA) is 39.1 Å². The number of aromatic nitrogens is 2. The van der Waals surface area contributed by atoms with Gasteiger partial charge in [-0.2, -0.15) is 5.10 Å². The fourth-order valence-corrected chi connectivity index (χ4v) is 2.61. The van der Waals surface area contributed by atoms with Gasteiger partial charge in [-0.3, -0.25) is 4.68 Å². The highest BCUT2D eigenvalue weighted by Gasteiger charge is 2.15. The quantitative estimate of drug-likeness (QED) is 0.917. The first-order chi connectivity index (χ1) is 9.79. The molecule has 1 atom stereocenters. The molecule has 0 spiro atoms. The molecule has 1 aliphatic rings. The minimum absolute atomic E-state index is 0. The average molecular weight is 328 g/mol. The molecule has 1 aliphatic heterocycles. The molecular formula is C15H19Cl2N3O. The van der Waals surface area contributed by atoms with Crippen molar-refractivity contribution in [2.24, 2.45) is 5.92 Å². The molecule has 1 saturated heterocycles. The van der Waals surface area contributed by atoms with Crippen LogP contribution in [0.15, 0.2) is 36.7 Å². The molecule has 6 heteroatoms. The smallest absolute Gasteiger partial charge is 0.157 e. The Morgan fingerprint density at radius 2 is 2.33 bits per heavy atom. The minimum atomic E-state index is 0. The lowest BCUT2D eigenvalue weighted by molar-refractivity contribution is 0.260. The number of hydrogen-bond donors (Lipinski definition) is 1. The molecule has 2 heterocycles. The van der Waals surface area contributed by atoms with Crippen molar-refractivity contribution >= 4 is 24.0 Å². The molecule has 0 saturated carbocycles. The van der Waals surface area contributed by atoms with Gasteiger partial charge in [-0.1, -0.05) is 23.7 Å². The monoisotopic (exact) mass is 327 g/mol. The van der Waals surface area contributed by atoms with Gasteiger partial charge in [-0.15, -0.1) is 12.4 Å². The second-order valence-electron chi connectivity index (χ2n) is 5.17. The van der Waals surface area contributed by atoms with Crippen molar-refractivity contribution < 1.29 is 4.74 Å². The van der Waals surface area contributed by atoms with Crippen LogP contribution in [0.25, 0.3) is 0 Å². The van der Waals surface area contributed by atoms with Crippen molar-refractivity contribution in [3.05, 3.63) is 47.2 Å². The van der Waals surface area contributed by atoms with Crippen molar-refractivity contribution in [1.82, 2.24) is 15.1 Å². The summed E-state index contributed by atoms with van der Waals surface area (Å²) in [5, 5.41) is 8.41. The van der Waals surface area contributed by atoms with Crippen LogP contribution >= 0.6 is 24.0 Å². The molecule has 1 unspecified atom stereocenters. The molecule has 1 aromatic carbocycles. The first-order valence-corrected chi connectivity index (χ1v) is 7.28. The van der Waals surface area contributed by atoms with Gasteiger partial charge in [0.05, 0.1) is 25.5 Å². The summed E-state index contributed by atoms with van der Waals surface area (Å²) in [6.07, 6.45) is 4.90. The third-order valence-corrected chi connectivity index (χ3v) is 3.73. The molecule has 0 amide bonds. The number of rotatable bonds is 5. The lowest BCUT2D eigenvalue weighted by Crippen LogP contribution is -2.15. The van der Waals surface area contributed by atoms with Crippen LogP contribution in [0.5, 0.6) is 5.75 Å². The summed E-state index contributed by atoms with van der Waals surface area (Å²) >= 11 is 5.98. The number of nitrogens with one attached hydrogen (secondary N) is 1. The van der Waals surface area contributed by atoms with Crippen LogP contribution in [0.4, 0.5) is 0 Å². The summed E-state index contributed by atoms with van der Waals surface area (Å²) in [7, 11) is 0. The Kier molecular flexibility index (Phi) is 5.91. The van der Waals surface area contributed by atoms with Gasteiger partial charge in [0.25, 0.3) is 0 Å². The second kappa shape index (κ2) is 7.69. The Bertz CT molecular complexity index is 568. The molecule has 4 nitrogen and oxygen atoms in total. The average Bonchev–Trinajstić information content (AvgIpc) is 3.07. The zero-order valence-electron chi connectivity index (χ0n) is 11.7. The summed E-state index contributed by atoms with van der Waals surface area (Å²) in [6.45, 7) is 3.61. The minimum Gasteiger partial charge on any atom is -0.490 e. The fourth-order valence-electron chi connectivity index (χ4n) is 2.40. The van der Waals surface area contributed by atoms with Gasteiger partial charge in [0.15, 0.2) is 5.75 Å². The predicted octanol–water partition coefficient (Wildman–Crippen LogP) is 2.99. The van der Waals surface area contributed by atoms with Crippen molar-refractivity contribution in [2.45, 2.75) is 13.0 Å². The van der Waals surface area contributed by atoms with E-state index in [9.17, 15) is 0 Å². The molecule has 1 fully saturated rings. The molecule has 21 heavy (non-hydrogen) atoms. The van der Waals surface area contributed by atoms with Gasteiger partial charge in [0.1, 0.15) is 0 Å². The largest absolute Gasteiger partial charge is 0.490 e. The lowest BCUT2D eigenvalue weighted by Gasteiger charge is -2.08. The Hall–Kier alpha value is -1.23. The van der Waals surface area contributed by atoms with E-state index in [4.69, 9.17) is 16.3 Å². The van der Waals surface area contributed by atoms with Gasteiger partial charge < -0.3 is 10.1 Å². The van der Waals surface area contributed by atoms with Crippen molar-refractivity contribution in [2.75, 3.05) is 19.7 Å². The van der Waals surface area contributed by atoms with E-state index < -0.39 is 0 Å². The number of ether oxygens (including phenoxy) is 1. The first kappa shape index (κ1) is 16.1. The molecule has 2 aromatic rings. The van der Waals surface area contributed by atoms with Crippen molar-refractivity contribution in [1.29, 1.82) is 0 Å². The van der Waals surface area contributed by atoms with Crippen LogP contribution in [0, 0.1) is 5.92 Å². The Morgan fingerprint density at radius 1 is 1.43 bits per heavy atom. The predicted molar refractivity (Wildman–Crippen MR) is 86.5 cm³/mol. The summed E-state index contributed by atoms with van der Waals surface area (Å²) in [5.74, 6) is 1.45.